The fourth-order valence-electron chi connectivity index (χ4n) is 3.14. The average Bonchev–Trinajstić information content (AvgIpc) is 3.06. The second-order valence-electron chi connectivity index (χ2n) is 6.14. The molecule has 1 fully saturated rings. The molecule has 1 amide bonds. The lowest BCUT2D eigenvalue weighted by Crippen LogP contribution is -2.39. The first kappa shape index (κ1) is 17.2. The normalized spacial score (nSPS) is 18.4. The zero-order chi connectivity index (χ0) is 18.0. The van der Waals surface area contributed by atoms with E-state index in [4.69, 9.17) is 5.73 Å². The van der Waals surface area contributed by atoms with Crippen molar-refractivity contribution < 1.29 is 18.0 Å². The Kier molecular flexibility index (Phi) is 4.65. The molecule has 25 heavy (non-hydrogen) atoms. The summed E-state index contributed by atoms with van der Waals surface area (Å²) in [5.74, 6) is -0.550. The molecule has 0 bridgehead atoms. The molecule has 0 aliphatic carbocycles. The van der Waals surface area contributed by atoms with Gasteiger partial charge in [0.2, 0.25) is 0 Å². The Labute approximate surface area is 142 Å². The van der Waals surface area contributed by atoms with E-state index in [0.29, 0.717) is 19.6 Å². The molecule has 2 aromatic heterocycles. The van der Waals surface area contributed by atoms with Crippen LogP contribution in [0.1, 0.15) is 28.9 Å². The van der Waals surface area contributed by atoms with Gasteiger partial charge in [-0.15, -0.1) is 0 Å². The number of anilines is 1. The number of aromatic nitrogens is 3. The van der Waals surface area contributed by atoms with Gasteiger partial charge >= 0.3 is 6.18 Å². The summed E-state index contributed by atoms with van der Waals surface area (Å²) in [6.45, 7) is 1.75. The van der Waals surface area contributed by atoms with E-state index in [1.54, 1.807) is 17.4 Å². The molecule has 6 nitrogen and oxygen atoms in total. The Hall–Kier alpha value is -2.58. The van der Waals surface area contributed by atoms with E-state index in [1.165, 1.54) is 0 Å². The molecular formula is C16H18F3N5O. The number of alkyl halides is 3. The van der Waals surface area contributed by atoms with Gasteiger partial charge in [0, 0.05) is 32.0 Å². The van der Waals surface area contributed by atoms with Gasteiger partial charge in [-0.3, -0.25) is 4.79 Å². The van der Waals surface area contributed by atoms with Gasteiger partial charge in [-0.1, -0.05) is 0 Å². The zero-order valence-electron chi connectivity index (χ0n) is 13.4. The highest BCUT2D eigenvalue weighted by atomic mass is 19.4. The summed E-state index contributed by atoms with van der Waals surface area (Å²) in [5, 5.41) is 0. The zero-order valence-corrected chi connectivity index (χ0v) is 13.4. The number of primary amides is 1. The highest BCUT2D eigenvalue weighted by Gasteiger charge is 2.34. The van der Waals surface area contributed by atoms with Crippen LogP contribution < -0.4 is 10.6 Å². The number of rotatable bonds is 4. The van der Waals surface area contributed by atoms with E-state index in [0.717, 1.165) is 25.0 Å². The molecular weight excluding hydrogens is 335 g/mol. The first-order valence-corrected chi connectivity index (χ1v) is 7.93. The van der Waals surface area contributed by atoms with Gasteiger partial charge in [0.05, 0.1) is 11.9 Å². The van der Waals surface area contributed by atoms with Crippen molar-refractivity contribution in [2.45, 2.75) is 25.6 Å². The van der Waals surface area contributed by atoms with Crippen molar-refractivity contribution in [2.24, 2.45) is 11.7 Å². The summed E-state index contributed by atoms with van der Waals surface area (Å²) in [6.07, 6.45) is 2.40. The van der Waals surface area contributed by atoms with Crippen molar-refractivity contribution in [3.63, 3.8) is 0 Å². The summed E-state index contributed by atoms with van der Waals surface area (Å²) in [7, 11) is 0. The molecule has 9 heteroatoms. The number of halogens is 3. The standard InChI is InChI=1S/C16H18F3N5O/c17-16(18,19)13-4-3-12(14(20)25)15(22-13)24-6-1-2-11(9-24)8-23-7-5-21-10-23/h3-5,7,10-11H,1-2,6,8-9H2,(H2,20,25)/t11-/m1/s1. The van der Waals surface area contributed by atoms with E-state index in [9.17, 15) is 18.0 Å². The first-order valence-electron chi connectivity index (χ1n) is 7.93. The van der Waals surface area contributed by atoms with Gasteiger partial charge < -0.3 is 15.2 Å². The highest BCUT2D eigenvalue weighted by molar-refractivity contribution is 5.97. The summed E-state index contributed by atoms with van der Waals surface area (Å²) < 4.78 is 40.9. The van der Waals surface area contributed by atoms with Crippen LogP contribution >= 0.6 is 0 Å². The third kappa shape index (κ3) is 3.92. The van der Waals surface area contributed by atoms with Crippen LogP contribution in [0.5, 0.6) is 0 Å². The molecule has 3 rings (SSSR count). The second-order valence-corrected chi connectivity index (χ2v) is 6.14. The predicted octanol–water partition coefficient (Wildman–Crippen LogP) is 2.31. The molecule has 0 aromatic carbocycles. The number of nitrogens with two attached hydrogens (primary N) is 1. The van der Waals surface area contributed by atoms with Crippen molar-refractivity contribution in [1.82, 2.24) is 14.5 Å². The van der Waals surface area contributed by atoms with Gasteiger partial charge in [0.15, 0.2) is 0 Å². The maximum absolute atomic E-state index is 13.0. The lowest BCUT2D eigenvalue weighted by Gasteiger charge is -2.34. The lowest BCUT2D eigenvalue weighted by atomic mass is 9.97. The molecule has 1 aliphatic rings. The predicted molar refractivity (Wildman–Crippen MR) is 84.9 cm³/mol. The number of carbonyl (C=O) groups excluding carboxylic acids is 1. The van der Waals surface area contributed by atoms with Crippen LogP contribution in [-0.2, 0) is 12.7 Å². The Balaban J connectivity index is 1.86. The fraction of sp³-hybridized carbons (Fsp3) is 0.438. The molecule has 1 saturated heterocycles. The minimum absolute atomic E-state index is 0.0104. The molecule has 0 saturated carbocycles. The van der Waals surface area contributed by atoms with Crippen molar-refractivity contribution in [3.8, 4) is 0 Å². The van der Waals surface area contributed by atoms with Crippen LogP contribution in [-0.4, -0.2) is 33.5 Å². The maximum atomic E-state index is 13.0. The molecule has 1 aliphatic heterocycles. The topological polar surface area (TPSA) is 77.0 Å². The number of piperidine rings is 1. The number of nitrogens with zero attached hydrogens (tertiary/aromatic N) is 4. The monoisotopic (exact) mass is 353 g/mol. The van der Waals surface area contributed by atoms with Gasteiger partial charge in [-0.05, 0) is 30.9 Å². The van der Waals surface area contributed by atoms with Crippen molar-refractivity contribution in [1.29, 1.82) is 0 Å². The van der Waals surface area contributed by atoms with E-state index in [2.05, 4.69) is 9.97 Å². The first-order chi connectivity index (χ1) is 11.8. The molecule has 134 valence electrons. The number of pyridine rings is 1. The van der Waals surface area contributed by atoms with Crippen LogP contribution in [0.2, 0.25) is 0 Å². The largest absolute Gasteiger partial charge is 0.433 e. The maximum Gasteiger partial charge on any atom is 0.433 e. The van der Waals surface area contributed by atoms with Gasteiger partial charge in [0.25, 0.3) is 5.91 Å². The molecule has 1 atom stereocenters. The Bertz CT molecular complexity index is 745. The quantitative estimate of drug-likeness (QED) is 0.915. The molecule has 0 unspecified atom stereocenters. The fourth-order valence-corrected chi connectivity index (χ4v) is 3.14. The third-order valence-corrected chi connectivity index (χ3v) is 4.28. The van der Waals surface area contributed by atoms with Crippen molar-refractivity contribution in [2.75, 3.05) is 18.0 Å². The summed E-state index contributed by atoms with van der Waals surface area (Å²) in [6, 6.07) is 1.89. The van der Waals surface area contributed by atoms with E-state index < -0.39 is 17.8 Å². The number of imidazole rings is 1. The van der Waals surface area contributed by atoms with E-state index in [-0.39, 0.29) is 17.3 Å². The van der Waals surface area contributed by atoms with E-state index >= 15 is 0 Å². The van der Waals surface area contributed by atoms with Gasteiger partial charge in [-0.25, -0.2) is 9.97 Å². The summed E-state index contributed by atoms with van der Waals surface area (Å²) in [4.78, 5) is 21.0. The van der Waals surface area contributed by atoms with Gasteiger partial charge in [0.1, 0.15) is 11.5 Å². The molecule has 2 N–H and O–H groups in total. The number of carbonyl (C=O) groups is 1. The van der Waals surface area contributed by atoms with Crippen molar-refractivity contribution in [3.05, 3.63) is 42.1 Å². The molecule has 3 heterocycles. The third-order valence-electron chi connectivity index (χ3n) is 4.28. The van der Waals surface area contributed by atoms with Crippen molar-refractivity contribution >= 4 is 11.7 Å². The Morgan fingerprint density at radius 3 is 2.80 bits per heavy atom. The van der Waals surface area contributed by atoms with E-state index in [1.807, 2.05) is 10.8 Å². The minimum Gasteiger partial charge on any atom is -0.365 e. The number of amides is 1. The average molecular weight is 353 g/mol. The highest BCUT2D eigenvalue weighted by Crippen LogP contribution is 2.32. The second kappa shape index (κ2) is 6.73. The number of hydrogen-bond donors (Lipinski definition) is 1. The number of hydrogen-bond acceptors (Lipinski definition) is 4. The SMILES string of the molecule is NC(=O)c1ccc(C(F)(F)F)nc1N1CCC[C@H](Cn2ccnc2)C1. The van der Waals surface area contributed by atoms with Crippen LogP contribution in [0.4, 0.5) is 19.0 Å². The molecule has 2 aromatic rings. The van der Waals surface area contributed by atoms with Crippen LogP contribution in [0.15, 0.2) is 30.9 Å². The minimum atomic E-state index is -4.57. The van der Waals surface area contributed by atoms with Crippen LogP contribution in [0, 0.1) is 5.92 Å². The Morgan fingerprint density at radius 1 is 1.36 bits per heavy atom. The van der Waals surface area contributed by atoms with Crippen LogP contribution in [0.25, 0.3) is 0 Å². The smallest absolute Gasteiger partial charge is 0.365 e. The Morgan fingerprint density at radius 2 is 2.16 bits per heavy atom. The van der Waals surface area contributed by atoms with Gasteiger partial charge in [-0.2, -0.15) is 13.2 Å². The summed E-state index contributed by atoms with van der Waals surface area (Å²) in [5.41, 5.74) is 4.31. The molecule has 0 radical (unpaired) electrons. The molecule has 0 spiro atoms. The van der Waals surface area contributed by atoms with Crippen LogP contribution in [0.3, 0.4) is 0 Å². The summed E-state index contributed by atoms with van der Waals surface area (Å²) >= 11 is 0. The lowest BCUT2D eigenvalue weighted by molar-refractivity contribution is -0.141.